The molecule has 1 saturated heterocycles. The minimum absolute atomic E-state index is 0.226. The van der Waals surface area contributed by atoms with Crippen LogP contribution in [-0.2, 0) is 10.2 Å². The van der Waals surface area contributed by atoms with Gasteiger partial charge in [-0.15, -0.1) is 0 Å². The topological polar surface area (TPSA) is 94.2 Å². The number of benzene rings is 4. The molecule has 1 spiro atoms. The van der Waals surface area contributed by atoms with Crippen molar-refractivity contribution in [3.05, 3.63) is 123 Å². The maximum absolute atomic E-state index is 15.2. The predicted molar refractivity (Wildman–Crippen MR) is 173 cm³/mol. The third-order valence-corrected chi connectivity index (χ3v) is 9.85. The molecule has 226 valence electrons. The van der Waals surface area contributed by atoms with Gasteiger partial charge in [-0.2, -0.15) is 0 Å². The lowest BCUT2D eigenvalue weighted by molar-refractivity contribution is -0.122. The van der Waals surface area contributed by atoms with Gasteiger partial charge in [-0.25, -0.2) is 0 Å². The number of para-hydroxylation sites is 1. The zero-order chi connectivity index (χ0) is 31.5. The number of Topliss-reactive ketones (excluding diaryl/α,β-unsaturated/α-hetero) is 2. The molecule has 0 aromatic heterocycles. The number of nitrogens with zero attached hydrogens (tertiary/aromatic N) is 1. The first-order chi connectivity index (χ1) is 21.8. The number of rotatable bonds is 7. The van der Waals surface area contributed by atoms with E-state index >= 15 is 4.79 Å². The highest BCUT2D eigenvalue weighted by Crippen LogP contribution is 2.62. The summed E-state index contributed by atoms with van der Waals surface area (Å²) in [5.74, 6) is -0.858. The number of ketones is 2. The molecule has 3 aliphatic rings. The van der Waals surface area contributed by atoms with Gasteiger partial charge in [-0.3, -0.25) is 14.4 Å². The Morgan fingerprint density at radius 2 is 1.58 bits per heavy atom. The predicted octanol–water partition coefficient (Wildman–Crippen LogP) is 6.46. The molecule has 3 heterocycles. The summed E-state index contributed by atoms with van der Waals surface area (Å²) in [5.41, 5.74) is 2.19. The molecular weight excluding hydrogens is 636 g/mol. The molecule has 0 saturated carbocycles. The molecule has 45 heavy (non-hydrogen) atoms. The zero-order valence-corrected chi connectivity index (χ0v) is 26.3. The Labute approximate surface area is 268 Å². The lowest BCUT2D eigenvalue weighted by atomic mass is 9.62. The van der Waals surface area contributed by atoms with Crippen LogP contribution in [0.25, 0.3) is 6.08 Å². The van der Waals surface area contributed by atoms with E-state index in [2.05, 4.69) is 21.2 Å². The molecule has 1 amide bonds. The van der Waals surface area contributed by atoms with Crippen molar-refractivity contribution in [3.63, 3.8) is 0 Å². The Hall–Kier alpha value is -4.89. The van der Waals surface area contributed by atoms with Crippen molar-refractivity contribution in [2.24, 2.45) is 5.92 Å². The van der Waals surface area contributed by atoms with Crippen LogP contribution >= 0.6 is 15.9 Å². The average molecular weight is 666 g/mol. The van der Waals surface area contributed by atoms with Crippen LogP contribution < -0.4 is 19.5 Å². The van der Waals surface area contributed by atoms with Gasteiger partial charge in [0, 0.05) is 17.5 Å². The molecule has 9 heteroatoms. The van der Waals surface area contributed by atoms with Crippen LogP contribution in [0.3, 0.4) is 0 Å². The highest BCUT2D eigenvalue weighted by molar-refractivity contribution is 9.10. The molecule has 3 aliphatic heterocycles. The van der Waals surface area contributed by atoms with Crippen molar-refractivity contribution in [2.45, 2.75) is 17.5 Å². The monoisotopic (exact) mass is 664 g/mol. The molecule has 0 aliphatic carbocycles. The first-order valence-electron chi connectivity index (χ1n) is 14.4. The van der Waals surface area contributed by atoms with E-state index in [1.807, 2.05) is 65.7 Å². The Morgan fingerprint density at radius 3 is 2.33 bits per heavy atom. The van der Waals surface area contributed by atoms with Crippen LogP contribution in [0.15, 0.2) is 95.6 Å². The summed E-state index contributed by atoms with van der Waals surface area (Å²) in [6, 6.07) is 23.6. The molecular formula is C36H29BrN2O6. The zero-order valence-electron chi connectivity index (χ0n) is 24.7. The van der Waals surface area contributed by atoms with E-state index in [1.54, 1.807) is 43.5 Å². The fourth-order valence-electron chi connectivity index (χ4n) is 7.33. The van der Waals surface area contributed by atoms with Crippen LogP contribution in [0, 0.1) is 5.92 Å². The van der Waals surface area contributed by atoms with Crippen molar-refractivity contribution >= 4 is 45.2 Å². The average Bonchev–Trinajstić information content (AvgIpc) is 3.55. The van der Waals surface area contributed by atoms with Gasteiger partial charge in [0.15, 0.2) is 11.6 Å². The van der Waals surface area contributed by atoms with Gasteiger partial charge in [0.2, 0.25) is 5.91 Å². The number of methoxy groups -OCH3 is 3. The van der Waals surface area contributed by atoms with Crippen LogP contribution in [0.2, 0.25) is 0 Å². The summed E-state index contributed by atoms with van der Waals surface area (Å²) in [7, 11) is 4.55. The Morgan fingerprint density at radius 1 is 0.844 bits per heavy atom. The number of ether oxygens (including phenoxy) is 3. The van der Waals surface area contributed by atoms with Crippen molar-refractivity contribution in [1.29, 1.82) is 0 Å². The maximum Gasteiger partial charge on any atom is 0.238 e. The smallest absolute Gasteiger partial charge is 0.238 e. The van der Waals surface area contributed by atoms with Gasteiger partial charge >= 0.3 is 0 Å². The van der Waals surface area contributed by atoms with Crippen LogP contribution in [-0.4, -0.2) is 49.7 Å². The third-order valence-electron chi connectivity index (χ3n) is 9.23. The molecule has 7 rings (SSSR count). The van der Waals surface area contributed by atoms with E-state index in [0.717, 1.165) is 11.1 Å². The van der Waals surface area contributed by atoms with Crippen LogP contribution in [0.4, 0.5) is 5.69 Å². The van der Waals surface area contributed by atoms with Gasteiger partial charge in [-0.1, -0.05) is 42.5 Å². The quantitative estimate of drug-likeness (QED) is 0.227. The second-order valence-electron chi connectivity index (χ2n) is 11.2. The third kappa shape index (κ3) is 4.14. The second-order valence-corrected chi connectivity index (χ2v) is 12.1. The summed E-state index contributed by atoms with van der Waals surface area (Å²) < 4.78 is 17.2. The Kier molecular flexibility index (Phi) is 7.00. The molecule has 1 fully saturated rings. The van der Waals surface area contributed by atoms with Gasteiger partial charge in [-0.05, 0) is 81.2 Å². The Bertz CT molecular complexity index is 1920. The Balaban J connectivity index is 1.54. The normalized spacial score (nSPS) is 22.4. The van der Waals surface area contributed by atoms with Gasteiger partial charge in [0.25, 0.3) is 0 Å². The number of carbonyl (C=O) groups is 3. The molecule has 4 atom stereocenters. The number of nitrogens with one attached hydrogen (secondary N) is 1. The number of carbonyl (C=O) groups excluding carboxylic acids is 3. The van der Waals surface area contributed by atoms with Gasteiger partial charge in [0.05, 0.1) is 43.3 Å². The van der Waals surface area contributed by atoms with Crippen molar-refractivity contribution in [2.75, 3.05) is 26.6 Å². The molecule has 0 unspecified atom stereocenters. The summed E-state index contributed by atoms with van der Waals surface area (Å²) in [4.78, 5) is 46.7. The number of amides is 1. The van der Waals surface area contributed by atoms with E-state index in [-0.39, 0.29) is 17.3 Å². The molecule has 4 aromatic carbocycles. The number of fused-ring (bicyclic) bond motifs is 6. The van der Waals surface area contributed by atoms with E-state index in [4.69, 9.17) is 14.2 Å². The number of halogens is 1. The van der Waals surface area contributed by atoms with E-state index < -0.39 is 29.2 Å². The summed E-state index contributed by atoms with van der Waals surface area (Å²) in [6.45, 7) is 0. The van der Waals surface area contributed by atoms with E-state index in [0.29, 0.717) is 38.5 Å². The minimum atomic E-state index is -1.47. The van der Waals surface area contributed by atoms with Gasteiger partial charge < -0.3 is 24.4 Å². The maximum atomic E-state index is 15.2. The number of hydrogen-bond acceptors (Lipinski definition) is 7. The summed E-state index contributed by atoms with van der Waals surface area (Å²) in [5, 5.41) is 3.07. The number of anilines is 1. The molecule has 1 N–H and O–H groups in total. The second kappa shape index (κ2) is 10.9. The molecule has 0 radical (unpaired) electrons. The summed E-state index contributed by atoms with van der Waals surface area (Å²) >= 11 is 3.51. The highest BCUT2D eigenvalue weighted by Gasteiger charge is 2.71. The van der Waals surface area contributed by atoms with Gasteiger partial charge in [0.1, 0.15) is 28.7 Å². The minimum Gasteiger partial charge on any atom is -0.497 e. The lowest BCUT2D eigenvalue weighted by Crippen LogP contribution is -2.49. The SMILES string of the molecule is COc1ccc(OC)c(C(=O)[C@H]2[C@H](C(=O)c3ccc(OC)c(Br)c3)N3C=Cc4ccccc4[C@@H]3[C@]23C(=O)Nc2ccccc23)c1. The number of hydrogen-bond donors (Lipinski definition) is 1. The standard InChI is InChI=1S/C36H29BrN2O6/c1-43-22-13-15-28(44-2)24(19-22)33(41)30-31(32(40)21-12-14-29(45-3)26(37)18-21)39-17-16-20-8-4-5-9-23(20)34(39)36(30)25-10-6-7-11-27(25)38-35(36)42/h4-19,30-31,34H,1-3H3,(H,38,42)/t30-,31-,34-,36-/m1/s1. The van der Waals surface area contributed by atoms with Crippen molar-refractivity contribution in [3.8, 4) is 17.2 Å². The lowest BCUT2D eigenvalue weighted by Gasteiger charge is -2.38. The molecule has 8 nitrogen and oxygen atoms in total. The van der Waals surface area contributed by atoms with Crippen molar-refractivity contribution < 1.29 is 28.6 Å². The first-order valence-corrected chi connectivity index (χ1v) is 15.2. The van der Waals surface area contributed by atoms with Crippen LogP contribution in [0.1, 0.15) is 43.4 Å². The highest BCUT2D eigenvalue weighted by atomic mass is 79.9. The van der Waals surface area contributed by atoms with Crippen LogP contribution in [0.5, 0.6) is 17.2 Å². The first kappa shape index (κ1) is 28.9. The summed E-state index contributed by atoms with van der Waals surface area (Å²) in [6.07, 6.45) is 3.78. The molecule has 0 bridgehead atoms. The fourth-order valence-corrected chi connectivity index (χ4v) is 7.87. The molecule has 4 aromatic rings. The fraction of sp³-hybridized carbons (Fsp3) is 0.194. The van der Waals surface area contributed by atoms with Crippen molar-refractivity contribution in [1.82, 2.24) is 4.90 Å². The largest absolute Gasteiger partial charge is 0.497 e. The van der Waals surface area contributed by atoms with E-state index in [1.165, 1.54) is 14.2 Å². The van der Waals surface area contributed by atoms with E-state index in [9.17, 15) is 9.59 Å².